The predicted molar refractivity (Wildman–Crippen MR) is 113 cm³/mol. The van der Waals surface area contributed by atoms with E-state index in [9.17, 15) is 9.59 Å². The summed E-state index contributed by atoms with van der Waals surface area (Å²) in [5, 5.41) is 0. The molecule has 31 heavy (non-hydrogen) atoms. The summed E-state index contributed by atoms with van der Waals surface area (Å²) in [6.07, 6.45) is 5.64. The molecule has 0 aromatic heterocycles. The van der Waals surface area contributed by atoms with Gasteiger partial charge in [-0.1, -0.05) is 12.5 Å². The van der Waals surface area contributed by atoms with Crippen LogP contribution in [-0.2, 0) is 4.79 Å². The van der Waals surface area contributed by atoms with Crippen molar-refractivity contribution in [1.82, 2.24) is 0 Å². The summed E-state index contributed by atoms with van der Waals surface area (Å²) in [5.74, 6) is 1.77. The van der Waals surface area contributed by atoms with Crippen molar-refractivity contribution < 1.29 is 28.5 Å². The minimum Gasteiger partial charge on any atom is -0.493 e. The number of carbonyl (C=O) groups excluding carboxylic acids is 2. The maximum Gasteiger partial charge on any atom is 0.312 e. The molecular formula is C25H26O6. The number of carbonyl (C=O) groups is 2. The van der Waals surface area contributed by atoms with E-state index in [4.69, 9.17) is 18.9 Å². The van der Waals surface area contributed by atoms with Gasteiger partial charge in [0.15, 0.2) is 17.3 Å². The van der Waals surface area contributed by atoms with Crippen LogP contribution >= 0.6 is 0 Å². The molecule has 6 heteroatoms. The Morgan fingerprint density at radius 2 is 1.74 bits per heavy atom. The lowest BCUT2D eigenvalue weighted by molar-refractivity contribution is -0.135. The molecule has 5 rings (SSSR count). The quantitative estimate of drug-likeness (QED) is 0.522. The van der Waals surface area contributed by atoms with Gasteiger partial charge in [0.1, 0.15) is 17.1 Å². The van der Waals surface area contributed by atoms with Crippen molar-refractivity contribution in [2.24, 2.45) is 0 Å². The molecule has 0 saturated heterocycles. The summed E-state index contributed by atoms with van der Waals surface area (Å²) in [4.78, 5) is 25.5. The zero-order valence-corrected chi connectivity index (χ0v) is 17.9. The smallest absolute Gasteiger partial charge is 0.312 e. The predicted octanol–water partition coefficient (Wildman–Crippen LogP) is 4.81. The number of rotatable bonds is 3. The lowest BCUT2D eigenvalue weighted by Crippen LogP contribution is -2.44. The van der Waals surface area contributed by atoms with Gasteiger partial charge in [0.2, 0.25) is 0 Å². The zero-order chi connectivity index (χ0) is 21.6. The molecule has 6 nitrogen and oxygen atoms in total. The number of hydrogen-bond donors (Lipinski definition) is 0. The number of hydrogen-bond acceptors (Lipinski definition) is 6. The minimum absolute atomic E-state index is 0.105. The van der Waals surface area contributed by atoms with Crippen LogP contribution in [0.2, 0.25) is 0 Å². The van der Waals surface area contributed by atoms with E-state index in [1.807, 2.05) is 18.2 Å². The summed E-state index contributed by atoms with van der Waals surface area (Å²) in [5.41, 5.74) is 1.81. The molecule has 3 aliphatic rings. The average molecular weight is 422 g/mol. The Morgan fingerprint density at radius 3 is 2.48 bits per heavy atom. The van der Waals surface area contributed by atoms with Crippen LogP contribution in [0.4, 0.5) is 0 Å². The fourth-order valence-electron chi connectivity index (χ4n) is 5.23. The van der Waals surface area contributed by atoms with Gasteiger partial charge in [-0.15, -0.1) is 0 Å². The highest BCUT2D eigenvalue weighted by molar-refractivity contribution is 6.01. The van der Waals surface area contributed by atoms with Crippen molar-refractivity contribution in [3.8, 4) is 23.0 Å². The van der Waals surface area contributed by atoms with Gasteiger partial charge in [0.05, 0.1) is 32.6 Å². The summed E-state index contributed by atoms with van der Waals surface area (Å²) in [6.45, 7) is 0. The van der Waals surface area contributed by atoms with Crippen LogP contribution < -0.4 is 18.9 Å². The third kappa shape index (κ3) is 3.34. The molecule has 162 valence electrons. The average Bonchev–Trinajstić information content (AvgIpc) is 2.78. The standard InChI is InChI=1S/C25H26O6/c1-28-19-8-6-15(12-21(19)29-2)17-13-22(27)30-20-9-7-16-18(26)14-25(10-4-3-5-11-25)31-24(16)23(17)20/h6-9,12,17H,3-5,10-11,13-14H2,1-2H3/t17-/m0/s1. The van der Waals surface area contributed by atoms with Crippen molar-refractivity contribution in [2.75, 3.05) is 14.2 Å². The van der Waals surface area contributed by atoms with Gasteiger partial charge in [-0.25, -0.2) is 0 Å². The van der Waals surface area contributed by atoms with E-state index in [0.29, 0.717) is 35.0 Å². The van der Waals surface area contributed by atoms with Gasteiger partial charge >= 0.3 is 5.97 Å². The summed E-state index contributed by atoms with van der Waals surface area (Å²) in [7, 11) is 3.17. The molecule has 2 heterocycles. The number of esters is 1. The normalized spacial score (nSPS) is 21.5. The molecule has 2 aliphatic heterocycles. The third-order valence-corrected chi connectivity index (χ3v) is 6.78. The lowest BCUT2D eigenvalue weighted by Gasteiger charge is -2.42. The molecule has 1 saturated carbocycles. The van der Waals surface area contributed by atoms with Gasteiger partial charge < -0.3 is 18.9 Å². The van der Waals surface area contributed by atoms with E-state index in [-0.39, 0.29) is 24.1 Å². The van der Waals surface area contributed by atoms with Gasteiger partial charge in [0.25, 0.3) is 0 Å². The fraction of sp³-hybridized carbons (Fsp3) is 0.440. The Bertz CT molecular complexity index is 1050. The first-order chi connectivity index (χ1) is 15.0. The highest BCUT2D eigenvalue weighted by atomic mass is 16.5. The Kier molecular flexibility index (Phi) is 4.88. The minimum atomic E-state index is -0.443. The Balaban J connectivity index is 1.65. The van der Waals surface area contributed by atoms with Gasteiger partial charge in [-0.05, 0) is 55.5 Å². The van der Waals surface area contributed by atoms with Crippen LogP contribution in [-0.4, -0.2) is 31.6 Å². The van der Waals surface area contributed by atoms with Crippen LogP contribution in [0.15, 0.2) is 30.3 Å². The molecule has 0 unspecified atom stereocenters. The van der Waals surface area contributed by atoms with Gasteiger partial charge in [0, 0.05) is 11.5 Å². The Morgan fingerprint density at radius 1 is 0.968 bits per heavy atom. The van der Waals surface area contributed by atoms with E-state index in [0.717, 1.165) is 36.8 Å². The lowest BCUT2D eigenvalue weighted by atomic mass is 9.76. The van der Waals surface area contributed by atoms with E-state index in [1.165, 1.54) is 6.42 Å². The molecule has 2 aromatic carbocycles. The zero-order valence-electron chi connectivity index (χ0n) is 17.9. The molecule has 1 atom stereocenters. The highest BCUT2D eigenvalue weighted by Crippen LogP contribution is 2.51. The van der Waals surface area contributed by atoms with Crippen molar-refractivity contribution in [1.29, 1.82) is 0 Å². The second-order valence-corrected chi connectivity index (χ2v) is 8.64. The van der Waals surface area contributed by atoms with Crippen molar-refractivity contribution in [2.45, 2.75) is 56.5 Å². The number of ketones is 1. The molecule has 1 fully saturated rings. The number of fused-ring (bicyclic) bond motifs is 3. The SMILES string of the molecule is COc1ccc([C@@H]2CC(=O)Oc3ccc4c(c32)OC2(CCCCC2)CC4=O)cc1OC. The second kappa shape index (κ2) is 7.59. The largest absolute Gasteiger partial charge is 0.493 e. The molecule has 0 N–H and O–H groups in total. The monoisotopic (exact) mass is 422 g/mol. The van der Waals surface area contributed by atoms with E-state index in [2.05, 4.69) is 0 Å². The maximum absolute atomic E-state index is 13.1. The van der Waals surface area contributed by atoms with Crippen LogP contribution in [0.1, 0.15) is 72.3 Å². The summed E-state index contributed by atoms with van der Waals surface area (Å²) < 4.78 is 23.1. The van der Waals surface area contributed by atoms with E-state index in [1.54, 1.807) is 26.4 Å². The summed E-state index contributed by atoms with van der Waals surface area (Å²) >= 11 is 0. The van der Waals surface area contributed by atoms with Crippen LogP contribution in [0.5, 0.6) is 23.0 Å². The molecular weight excluding hydrogens is 396 g/mol. The van der Waals surface area contributed by atoms with E-state index >= 15 is 0 Å². The number of benzene rings is 2. The number of methoxy groups -OCH3 is 2. The summed E-state index contributed by atoms with van der Waals surface area (Å²) in [6, 6.07) is 9.09. The topological polar surface area (TPSA) is 71.1 Å². The highest BCUT2D eigenvalue weighted by Gasteiger charge is 2.44. The van der Waals surface area contributed by atoms with Crippen molar-refractivity contribution >= 4 is 11.8 Å². The van der Waals surface area contributed by atoms with Crippen LogP contribution in [0.25, 0.3) is 0 Å². The number of Topliss-reactive ketones (excluding diaryl/α,β-unsaturated/α-hetero) is 1. The second-order valence-electron chi connectivity index (χ2n) is 8.64. The Labute approximate surface area is 181 Å². The van der Waals surface area contributed by atoms with Crippen LogP contribution in [0, 0.1) is 0 Å². The molecule has 1 aliphatic carbocycles. The van der Waals surface area contributed by atoms with Crippen LogP contribution in [0.3, 0.4) is 0 Å². The molecule has 0 amide bonds. The van der Waals surface area contributed by atoms with E-state index < -0.39 is 5.60 Å². The van der Waals surface area contributed by atoms with Crippen molar-refractivity contribution in [3.63, 3.8) is 0 Å². The fourth-order valence-corrected chi connectivity index (χ4v) is 5.23. The van der Waals surface area contributed by atoms with Gasteiger partial charge in [-0.3, -0.25) is 9.59 Å². The Hall–Kier alpha value is -3.02. The third-order valence-electron chi connectivity index (χ3n) is 6.78. The first-order valence-corrected chi connectivity index (χ1v) is 10.9. The maximum atomic E-state index is 13.1. The van der Waals surface area contributed by atoms with Crippen molar-refractivity contribution in [3.05, 3.63) is 47.0 Å². The molecule has 0 radical (unpaired) electrons. The number of ether oxygens (including phenoxy) is 4. The van der Waals surface area contributed by atoms with Gasteiger partial charge in [-0.2, -0.15) is 0 Å². The first-order valence-electron chi connectivity index (χ1n) is 10.9. The molecule has 2 aromatic rings. The molecule has 1 spiro atoms. The first kappa shape index (κ1) is 19.9. The molecule has 0 bridgehead atoms.